The van der Waals surface area contributed by atoms with E-state index in [9.17, 15) is 0 Å². The maximum atomic E-state index is 5.83. The third kappa shape index (κ3) is 5.33. The van der Waals surface area contributed by atoms with Crippen molar-refractivity contribution >= 4 is 0 Å². The van der Waals surface area contributed by atoms with Crippen molar-refractivity contribution in [3.05, 3.63) is 0 Å². The Labute approximate surface area is 113 Å². The third-order valence-electron chi connectivity index (χ3n) is 3.36. The quantitative estimate of drug-likeness (QED) is 0.494. The van der Waals surface area contributed by atoms with Crippen molar-refractivity contribution in [2.45, 2.75) is 37.4 Å². The van der Waals surface area contributed by atoms with E-state index in [1.54, 1.807) is 0 Å². The molecule has 110 valence electrons. The van der Waals surface area contributed by atoms with E-state index in [0.29, 0.717) is 26.4 Å². The first kappa shape index (κ1) is 13.7. The molecule has 0 aromatic rings. The molecule has 0 amide bonds. The first-order chi connectivity index (χ1) is 9.31. The smallest absolute Gasteiger partial charge is 0.107 e. The second-order valence-electron chi connectivity index (χ2n) is 5.31. The van der Waals surface area contributed by atoms with Crippen molar-refractivity contribution in [1.29, 1.82) is 0 Å². The summed E-state index contributed by atoms with van der Waals surface area (Å²) in [5.74, 6) is 0. The van der Waals surface area contributed by atoms with Crippen molar-refractivity contribution in [1.82, 2.24) is 0 Å². The maximum absolute atomic E-state index is 5.83. The molecule has 3 rings (SSSR count). The van der Waals surface area contributed by atoms with Crippen molar-refractivity contribution < 1.29 is 28.4 Å². The zero-order valence-corrected chi connectivity index (χ0v) is 11.3. The average molecular weight is 274 g/mol. The monoisotopic (exact) mass is 274 g/mol. The van der Waals surface area contributed by atoms with Gasteiger partial charge in [-0.1, -0.05) is 0 Å². The van der Waals surface area contributed by atoms with Gasteiger partial charge in [0.25, 0.3) is 0 Å². The molecule has 19 heavy (non-hydrogen) atoms. The Morgan fingerprint density at radius 1 is 0.895 bits per heavy atom. The molecule has 3 heterocycles. The molecule has 6 heteroatoms. The van der Waals surface area contributed by atoms with Crippen LogP contribution in [0.3, 0.4) is 0 Å². The van der Waals surface area contributed by atoms with E-state index in [4.69, 9.17) is 28.4 Å². The van der Waals surface area contributed by atoms with Crippen LogP contribution in [0.2, 0.25) is 0 Å². The van der Waals surface area contributed by atoms with Gasteiger partial charge in [0, 0.05) is 0 Å². The highest BCUT2D eigenvalue weighted by molar-refractivity contribution is 4.75. The molecule has 5 atom stereocenters. The second-order valence-corrected chi connectivity index (χ2v) is 5.31. The first-order valence-electron chi connectivity index (χ1n) is 6.97. The molecule has 0 N–H and O–H groups in total. The van der Waals surface area contributed by atoms with Gasteiger partial charge in [-0.2, -0.15) is 0 Å². The molecule has 0 aromatic carbocycles. The van der Waals surface area contributed by atoms with Crippen LogP contribution < -0.4 is 0 Å². The highest BCUT2D eigenvalue weighted by Gasteiger charge is 2.30. The molecule has 3 aliphatic rings. The van der Waals surface area contributed by atoms with Gasteiger partial charge in [-0.15, -0.1) is 0 Å². The second kappa shape index (κ2) is 6.47. The Hall–Kier alpha value is -0.240. The fourth-order valence-corrected chi connectivity index (χ4v) is 1.72. The molecule has 0 bridgehead atoms. The van der Waals surface area contributed by atoms with Crippen LogP contribution in [0.25, 0.3) is 0 Å². The summed E-state index contributed by atoms with van der Waals surface area (Å²) in [5.41, 5.74) is 0. The zero-order valence-electron chi connectivity index (χ0n) is 11.3. The first-order valence-corrected chi connectivity index (χ1v) is 6.97. The Kier molecular flexibility index (Phi) is 4.68. The number of rotatable bonds is 11. The van der Waals surface area contributed by atoms with E-state index in [1.807, 2.05) is 6.92 Å². The summed E-state index contributed by atoms with van der Waals surface area (Å²) in [7, 11) is 0. The summed E-state index contributed by atoms with van der Waals surface area (Å²) in [5, 5.41) is 0. The highest BCUT2D eigenvalue weighted by Crippen LogP contribution is 2.16. The lowest BCUT2D eigenvalue weighted by Gasteiger charge is -2.24. The normalized spacial score (nSPS) is 34.9. The summed E-state index contributed by atoms with van der Waals surface area (Å²) in [6, 6.07) is 0. The molecule has 3 saturated heterocycles. The minimum Gasteiger partial charge on any atom is -0.376 e. The van der Waals surface area contributed by atoms with Gasteiger partial charge in [0.1, 0.15) is 24.4 Å². The third-order valence-corrected chi connectivity index (χ3v) is 3.36. The van der Waals surface area contributed by atoms with Crippen molar-refractivity contribution in [2.24, 2.45) is 0 Å². The fourth-order valence-electron chi connectivity index (χ4n) is 1.72. The largest absolute Gasteiger partial charge is 0.376 e. The zero-order chi connectivity index (χ0) is 13.1. The van der Waals surface area contributed by atoms with Crippen LogP contribution in [0, 0.1) is 0 Å². The minimum atomic E-state index is -0.0679. The number of ether oxygens (including phenoxy) is 6. The molecule has 3 aliphatic heterocycles. The molecule has 0 radical (unpaired) electrons. The van der Waals surface area contributed by atoms with Gasteiger partial charge in [-0.25, -0.2) is 0 Å². The van der Waals surface area contributed by atoms with Crippen LogP contribution in [0.5, 0.6) is 0 Å². The maximum Gasteiger partial charge on any atom is 0.107 e. The van der Waals surface area contributed by atoms with Crippen LogP contribution >= 0.6 is 0 Å². The fraction of sp³-hybridized carbons (Fsp3) is 1.00. The van der Waals surface area contributed by atoms with E-state index < -0.39 is 0 Å². The average Bonchev–Trinajstić information content (AvgIpc) is 3.28. The highest BCUT2D eigenvalue weighted by atomic mass is 16.6. The van der Waals surface area contributed by atoms with Gasteiger partial charge < -0.3 is 28.4 Å². The van der Waals surface area contributed by atoms with Gasteiger partial charge in [-0.05, 0) is 6.92 Å². The van der Waals surface area contributed by atoms with Crippen LogP contribution in [-0.4, -0.2) is 76.8 Å². The Balaban J connectivity index is 1.35. The van der Waals surface area contributed by atoms with E-state index in [-0.39, 0.29) is 30.5 Å². The lowest BCUT2D eigenvalue weighted by Crippen LogP contribution is -2.35. The van der Waals surface area contributed by atoms with E-state index in [2.05, 4.69) is 0 Å². The molecule has 6 nitrogen and oxygen atoms in total. The minimum absolute atomic E-state index is 0.0110. The van der Waals surface area contributed by atoms with E-state index >= 15 is 0 Å². The summed E-state index contributed by atoms with van der Waals surface area (Å²) in [4.78, 5) is 0. The number of hydrogen-bond donors (Lipinski definition) is 0. The van der Waals surface area contributed by atoms with Crippen LogP contribution in [-0.2, 0) is 28.4 Å². The van der Waals surface area contributed by atoms with E-state index in [0.717, 1.165) is 19.8 Å². The molecule has 0 saturated carbocycles. The van der Waals surface area contributed by atoms with Gasteiger partial charge in [0.05, 0.1) is 52.4 Å². The summed E-state index contributed by atoms with van der Waals surface area (Å²) in [6.45, 7) is 6.84. The SMILES string of the molecule is CC(OCC1CO1)C(COCC1CO1)OCC1CO1. The lowest BCUT2D eigenvalue weighted by molar-refractivity contribution is -0.102. The topological polar surface area (TPSA) is 65.3 Å². The number of epoxide rings is 3. The predicted molar refractivity (Wildman–Crippen MR) is 65.2 cm³/mol. The van der Waals surface area contributed by atoms with Gasteiger partial charge >= 0.3 is 0 Å². The Bertz CT molecular complexity index is 274. The van der Waals surface area contributed by atoms with Crippen molar-refractivity contribution in [3.63, 3.8) is 0 Å². The van der Waals surface area contributed by atoms with Crippen molar-refractivity contribution in [3.8, 4) is 0 Å². The van der Waals surface area contributed by atoms with Gasteiger partial charge in [-0.3, -0.25) is 0 Å². The van der Waals surface area contributed by atoms with E-state index in [1.165, 1.54) is 0 Å². The molecule has 5 unspecified atom stereocenters. The van der Waals surface area contributed by atoms with Crippen LogP contribution in [0.15, 0.2) is 0 Å². The summed E-state index contributed by atoms with van der Waals surface area (Å²) < 4.78 is 32.6. The van der Waals surface area contributed by atoms with Crippen molar-refractivity contribution in [2.75, 3.05) is 46.2 Å². The predicted octanol–water partition coefficient (Wildman–Crippen LogP) is -0.0103. The molecular weight excluding hydrogens is 252 g/mol. The Morgan fingerprint density at radius 3 is 2.00 bits per heavy atom. The molecule has 0 aliphatic carbocycles. The lowest BCUT2D eigenvalue weighted by atomic mass is 10.2. The molecular formula is C13H22O6. The molecule has 3 fully saturated rings. The molecule has 0 spiro atoms. The van der Waals surface area contributed by atoms with Gasteiger partial charge in [0.15, 0.2) is 0 Å². The van der Waals surface area contributed by atoms with Crippen LogP contribution in [0.4, 0.5) is 0 Å². The van der Waals surface area contributed by atoms with Gasteiger partial charge in [0.2, 0.25) is 0 Å². The standard InChI is InChI=1S/C13H22O6/c1-9(15-3-11-5-17-11)13(19-7-12-6-18-12)8-14-2-10-4-16-10/h9-13H,2-8H2,1H3. The summed E-state index contributed by atoms with van der Waals surface area (Å²) >= 11 is 0. The number of hydrogen-bond acceptors (Lipinski definition) is 6. The molecule has 0 aromatic heterocycles. The Morgan fingerprint density at radius 2 is 1.42 bits per heavy atom. The van der Waals surface area contributed by atoms with Crippen LogP contribution in [0.1, 0.15) is 6.92 Å². The summed E-state index contributed by atoms with van der Waals surface area (Å²) in [6.07, 6.45) is 0.733.